The van der Waals surface area contributed by atoms with E-state index in [9.17, 15) is 45.5 Å². The molecule has 0 amide bonds. The molecule has 0 aliphatic rings. The van der Waals surface area contributed by atoms with Crippen molar-refractivity contribution in [3.63, 3.8) is 0 Å². The van der Waals surface area contributed by atoms with Gasteiger partial charge in [0.2, 0.25) is 0 Å². The predicted molar refractivity (Wildman–Crippen MR) is 226 cm³/mol. The van der Waals surface area contributed by atoms with Crippen molar-refractivity contribution < 1.29 is 73.9 Å². The molecular formula is C49H42F6O10. The number of benzene rings is 5. The molecule has 0 spiro atoms. The minimum Gasteiger partial charge on any atom is -0.494 e. The van der Waals surface area contributed by atoms with Gasteiger partial charge in [0, 0.05) is 25.0 Å². The fraction of sp³-hybridized carbons (Fsp3) is 0.224. The van der Waals surface area contributed by atoms with E-state index in [2.05, 4.69) is 0 Å². The van der Waals surface area contributed by atoms with Gasteiger partial charge in [0.15, 0.2) is 0 Å². The van der Waals surface area contributed by atoms with Crippen LogP contribution in [0.15, 0.2) is 140 Å². The summed E-state index contributed by atoms with van der Waals surface area (Å²) in [7, 11) is 0. The monoisotopic (exact) mass is 904 g/mol. The Labute approximate surface area is 370 Å². The first-order valence-corrected chi connectivity index (χ1v) is 20.1. The van der Waals surface area contributed by atoms with E-state index in [0.717, 1.165) is 5.56 Å². The summed E-state index contributed by atoms with van der Waals surface area (Å²) in [5.41, 5.74) is 2.37. The molecule has 0 aliphatic carbocycles. The molecular weight excluding hydrogens is 863 g/mol. The highest BCUT2D eigenvalue weighted by atomic mass is 19.4. The minimum absolute atomic E-state index is 0.103. The van der Waals surface area contributed by atoms with Crippen LogP contribution in [0.1, 0.15) is 69.0 Å². The molecule has 65 heavy (non-hydrogen) atoms. The number of ether oxygens (including phenoxy) is 6. The molecule has 5 rings (SSSR count). The number of carbonyl (C=O) groups is 4. The Balaban J connectivity index is 1.04. The number of alkyl halides is 6. The molecule has 0 heterocycles. The second-order valence-electron chi connectivity index (χ2n) is 14.1. The number of hydrogen-bond acceptors (Lipinski definition) is 10. The van der Waals surface area contributed by atoms with Gasteiger partial charge in [-0.05, 0) is 114 Å². The second-order valence-corrected chi connectivity index (χ2v) is 14.1. The third-order valence-electron chi connectivity index (χ3n) is 9.06. The first-order chi connectivity index (χ1) is 31.1. The summed E-state index contributed by atoms with van der Waals surface area (Å²) in [4.78, 5) is 50.5. The lowest BCUT2D eigenvalue weighted by atomic mass is 10.0. The minimum atomic E-state index is -4.25. The SMILES string of the molecule is O=C(/C=C/c1ccc(OC(=O)c2ccc(OCCCC(F)(F)F)cc2)cc1)OCC(COC(=O)/C=C/c1ccc(OC(=O)c2ccc(OCCCC(F)(F)F)cc2)cc1)c1ccccc1. The van der Waals surface area contributed by atoms with Crippen molar-refractivity contribution in [3.05, 3.63) is 167 Å². The van der Waals surface area contributed by atoms with E-state index < -0.39 is 55.0 Å². The van der Waals surface area contributed by atoms with Gasteiger partial charge in [-0.3, -0.25) is 0 Å². The van der Waals surface area contributed by atoms with Gasteiger partial charge in [-0.25, -0.2) is 19.2 Å². The van der Waals surface area contributed by atoms with Gasteiger partial charge in [-0.2, -0.15) is 26.3 Å². The summed E-state index contributed by atoms with van der Waals surface area (Å²) < 4.78 is 106. The van der Waals surface area contributed by atoms with Crippen LogP contribution >= 0.6 is 0 Å². The van der Waals surface area contributed by atoms with Crippen molar-refractivity contribution >= 4 is 36.0 Å². The largest absolute Gasteiger partial charge is 0.494 e. The van der Waals surface area contributed by atoms with E-state index in [0.29, 0.717) is 22.6 Å². The second kappa shape index (κ2) is 23.9. The highest BCUT2D eigenvalue weighted by molar-refractivity contribution is 5.92. The summed E-state index contributed by atoms with van der Waals surface area (Å²) in [5.74, 6) is -2.03. The third-order valence-corrected chi connectivity index (χ3v) is 9.06. The zero-order chi connectivity index (χ0) is 46.7. The molecule has 0 aromatic heterocycles. The number of rotatable bonds is 21. The third kappa shape index (κ3) is 18.1. The normalized spacial score (nSPS) is 11.7. The van der Waals surface area contributed by atoms with E-state index in [1.54, 1.807) is 36.4 Å². The van der Waals surface area contributed by atoms with Crippen LogP contribution in [0.25, 0.3) is 12.2 Å². The van der Waals surface area contributed by atoms with Crippen LogP contribution in [0.4, 0.5) is 26.3 Å². The molecule has 0 radical (unpaired) electrons. The maximum Gasteiger partial charge on any atom is 0.389 e. The predicted octanol–water partition coefficient (Wildman–Crippen LogP) is 11.2. The average Bonchev–Trinajstić information content (AvgIpc) is 3.29. The Morgan fingerprint density at radius 3 is 1.22 bits per heavy atom. The van der Waals surface area contributed by atoms with E-state index in [-0.39, 0.29) is 61.9 Å². The van der Waals surface area contributed by atoms with Crippen LogP contribution < -0.4 is 18.9 Å². The molecule has 0 saturated carbocycles. The first-order valence-electron chi connectivity index (χ1n) is 20.1. The van der Waals surface area contributed by atoms with Gasteiger partial charge in [0.25, 0.3) is 0 Å². The fourth-order valence-electron chi connectivity index (χ4n) is 5.68. The smallest absolute Gasteiger partial charge is 0.389 e. The molecule has 5 aromatic carbocycles. The van der Waals surface area contributed by atoms with Gasteiger partial charge < -0.3 is 28.4 Å². The molecule has 340 valence electrons. The van der Waals surface area contributed by atoms with Crippen molar-refractivity contribution in [2.45, 2.75) is 44.0 Å². The van der Waals surface area contributed by atoms with E-state index in [1.165, 1.54) is 97.1 Å². The van der Waals surface area contributed by atoms with Crippen LogP contribution in [0.2, 0.25) is 0 Å². The Morgan fingerprint density at radius 2 is 0.846 bits per heavy atom. The van der Waals surface area contributed by atoms with E-state index >= 15 is 0 Å². The molecule has 16 heteroatoms. The Morgan fingerprint density at radius 1 is 0.477 bits per heavy atom. The topological polar surface area (TPSA) is 124 Å². The van der Waals surface area contributed by atoms with Crippen molar-refractivity contribution in [1.82, 2.24) is 0 Å². The van der Waals surface area contributed by atoms with Gasteiger partial charge in [-0.1, -0.05) is 54.6 Å². The quantitative estimate of drug-likeness (QED) is 0.0231. The highest BCUT2D eigenvalue weighted by Crippen LogP contribution is 2.24. The van der Waals surface area contributed by atoms with Crippen LogP contribution in [-0.4, -0.2) is 62.7 Å². The average molecular weight is 905 g/mol. The fourth-order valence-corrected chi connectivity index (χ4v) is 5.68. The molecule has 5 aromatic rings. The number of carbonyl (C=O) groups excluding carboxylic acids is 4. The van der Waals surface area contributed by atoms with Crippen LogP contribution in [0, 0.1) is 0 Å². The van der Waals surface area contributed by atoms with Crippen molar-refractivity contribution in [2.24, 2.45) is 0 Å². The number of esters is 4. The summed E-state index contributed by atoms with van der Waals surface area (Å²) in [5, 5.41) is 0. The Bertz CT molecular complexity index is 2210. The van der Waals surface area contributed by atoms with Gasteiger partial charge >= 0.3 is 36.2 Å². The maximum absolute atomic E-state index is 12.7. The maximum atomic E-state index is 12.7. The van der Waals surface area contributed by atoms with E-state index in [4.69, 9.17) is 28.4 Å². The lowest BCUT2D eigenvalue weighted by molar-refractivity contribution is -0.141. The van der Waals surface area contributed by atoms with Crippen molar-refractivity contribution in [1.29, 1.82) is 0 Å². The molecule has 0 atom stereocenters. The zero-order valence-electron chi connectivity index (χ0n) is 34.5. The zero-order valence-corrected chi connectivity index (χ0v) is 34.5. The first kappa shape index (κ1) is 48.7. The molecule has 0 N–H and O–H groups in total. The number of halogens is 6. The lowest BCUT2D eigenvalue weighted by Gasteiger charge is -2.16. The summed E-state index contributed by atoms with van der Waals surface area (Å²) in [6.07, 6.45) is -5.33. The molecule has 0 fully saturated rings. The van der Waals surface area contributed by atoms with Crippen molar-refractivity contribution in [3.8, 4) is 23.0 Å². The van der Waals surface area contributed by atoms with Gasteiger partial charge in [0.05, 0.1) is 30.3 Å². The number of hydrogen-bond donors (Lipinski definition) is 0. The molecule has 10 nitrogen and oxygen atoms in total. The standard InChI is InChI=1S/C49H42F6O10/c50-48(51,52)28-4-30-60-40-22-14-37(15-23-40)46(58)64-42-18-8-34(9-19-42)12-26-44(56)62-32-39(36-6-2-1-3-7-36)33-63-45(57)27-13-35-10-20-43(21-11-35)65-47(59)38-16-24-41(25-17-38)61-31-5-29-49(53,54)55/h1-3,6-27,39H,4-5,28-33H2/b26-12+,27-13+. The molecule has 0 saturated heterocycles. The van der Waals surface area contributed by atoms with Gasteiger partial charge in [0.1, 0.15) is 36.2 Å². The molecule has 0 bridgehead atoms. The molecule has 0 aliphatic heterocycles. The van der Waals surface area contributed by atoms with E-state index in [1.807, 2.05) is 18.2 Å². The highest BCUT2D eigenvalue weighted by Gasteiger charge is 2.27. The van der Waals surface area contributed by atoms with Crippen LogP contribution in [-0.2, 0) is 19.1 Å². The van der Waals surface area contributed by atoms with Crippen molar-refractivity contribution in [2.75, 3.05) is 26.4 Å². The summed E-state index contributed by atoms with van der Waals surface area (Å²) >= 11 is 0. The lowest BCUT2D eigenvalue weighted by Crippen LogP contribution is -2.18. The molecule has 0 unspecified atom stereocenters. The summed E-state index contributed by atoms with van der Waals surface area (Å²) in [6, 6.07) is 33.2. The van der Waals surface area contributed by atoms with Crippen LogP contribution in [0.3, 0.4) is 0 Å². The Hall–Kier alpha value is -7.36. The van der Waals surface area contributed by atoms with Crippen LogP contribution in [0.5, 0.6) is 23.0 Å². The summed E-state index contributed by atoms with van der Waals surface area (Å²) in [6.45, 7) is -0.450. The van der Waals surface area contributed by atoms with Gasteiger partial charge in [-0.15, -0.1) is 0 Å². The Kier molecular flexibility index (Phi) is 17.9.